The minimum absolute atomic E-state index is 0.164. The zero-order valence-electron chi connectivity index (χ0n) is 12.5. The first-order valence-corrected chi connectivity index (χ1v) is 8.93. The Morgan fingerprint density at radius 2 is 2.05 bits per heavy atom. The van der Waals surface area contributed by atoms with Crippen LogP contribution in [-0.2, 0) is 4.79 Å². The van der Waals surface area contributed by atoms with Crippen LogP contribution in [0.4, 0.5) is 5.82 Å². The number of rotatable bonds is 3. The predicted octanol–water partition coefficient (Wildman–Crippen LogP) is 2.58. The number of anilines is 1. The van der Waals surface area contributed by atoms with Gasteiger partial charge in [-0.25, -0.2) is 9.97 Å². The van der Waals surface area contributed by atoms with Crippen molar-refractivity contribution in [2.24, 2.45) is 5.92 Å². The summed E-state index contributed by atoms with van der Waals surface area (Å²) in [6.07, 6.45) is 7.03. The number of aromatic nitrogens is 2. The van der Waals surface area contributed by atoms with Gasteiger partial charge in [-0.3, -0.25) is 4.79 Å². The zero-order chi connectivity index (χ0) is 14.9. The molecule has 5 nitrogen and oxygen atoms in total. The second kappa shape index (κ2) is 5.83. The number of nitrogens with one attached hydrogen (secondary N) is 1. The van der Waals surface area contributed by atoms with Crippen LogP contribution in [0.1, 0.15) is 32.1 Å². The normalized spacial score (nSPS) is 20.1. The fourth-order valence-electron chi connectivity index (χ4n) is 3.23. The fraction of sp³-hybridized carbons (Fsp3) is 0.562. The molecular weight excluding hydrogens is 296 g/mol. The summed E-state index contributed by atoms with van der Waals surface area (Å²) >= 11 is 1.69. The van der Waals surface area contributed by atoms with Crippen molar-refractivity contribution in [3.63, 3.8) is 0 Å². The number of hydrogen-bond donors (Lipinski definition) is 1. The van der Waals surface area contributed by atoms with Crippen LogP contribution in [-0.4, -0.2) is 35.0 Å². The predicted molar refractivity (Wildman–Crippen MR) is 88.1 cm³/mol. The highest BCUT2D eigenvalue weighted by atomic mass is 32.1. The van der Waals surface area contributed by atoms with Gasteiger partial charge in [-0.05, 0) is 43.6 Å². The number of carbonyl (C=O) groups is 1. The lowest BCUT2D eigenvalue weighted by molar-refractivity contribution is -0.126. The van der Waals surface area contributed by atoms with Crippen molar-refractivity contribution in [3.05, 3.63) is 17.8 Å². The molecule has 0 unspecified atom stereocenters. The molecule has 2 aromatic rings. The van der Waals surface area contributed by atoms with Gasteiger partial charge in [-0.15, -0.1) is 11.3 Å². The monoisotopic (exact) mass is 316 g/mol. The Hall–Kier alpha value is -1.69. The van der Waals surface area contributed by atoms with E-state index in [0.717, 1.165) is 54.8 Å². The van der Waals surface area contributed by atoms with Gasteiger partial charge in [-0.1, -0.05) is 0 Å². The first kappa shape index (κ1) is 13.9. The first-order valence-electron chi connectivity index (χ1n) is 8.05. The van der Waals surface area contributed by atoms with Crippen molar-refractivity contribution in [2.45, 2.75) is 38.1 Å². The van der Waals surface area contributed by atoms with Crippen LogP contribution in [0.3, 0.4) is 0 Å². The van der Waals surface area contributed by atoms with Crippen LogP contribution in [0.2, 0.25) is 0 Å². The minimum atomic E-state index is 0.164. The van der Waals surface area contributed by atoms with Crippen LogP contribution in [0, 0.1) is 5.92 Å². The van der Waals surface area contributed by atoms with Crippen molar-refractivity contribution in [1.82, 2.24) is 15.3 Å². The third-order valence-corrected chi connectivity index (χ3v) is 5.74. The lowest BCUT2D eigenvalue weighted by Gasteiger charge is -2.34. The summed E-state index contributed by atoms with van der Waals surface area (Å²) in [5.74, 6) is 1.45. The molecule has 2 aliphatic rings. The van der Waals surface area contributed by atoms with Crippen LogP contribution < -0.4 is 10.2 Å². The number of thiophene rings is 1. The summed E-state index contributed by atoms with van der Waals surface area (Å²) in [4.78, 5) is 23.3. The topological polar surface area (TPSA) is 58.1 Å². The molecule has 1 N–H and O–H groups in total. The SMILES string of the molecule is O=C(NC1CCC1)C1CCN(c2ncnc3ccsc23)CC1. The largest absolute Gasteiger partial charge is 0.355 e. The molecule has 2 fully saturated rings. The lowest BCUT2D eigenvalue weighted by atomic mass is 9.90. The van der Waals surface area contributed by atoms with Gasteiger partial charge in [0.05, 0.1) is 10.2 Å². The number of fused-ring (bicyclic) bond motifs is 1. The van der Waals surface area contributed by atoms with Gasteiger partial charge < -0.3 is 10.2 Å². The second-order valence-electron chi connectivity index (χ2n) is 6.23. The molecule has 0 radical (unpaired) electrons. The van der Waals surface area contributed by atoms with E-state index in [-0.39, 0.29) is 11.8 Å². The third-order valence-electron chi connectivity index (χ3n) is 4.84. The standard InChI is InChI=1S/C16H20N4OS/c21-16(19-12-2-1-3-12)11-4-7-20(8-5-11)15-14-13(6-9-22-14)17-10-18-15/h6,9-12H,1-5,7-8H2,(H,19,21). The van der Waals surface area contributed by atoms with Crippen molar-refractivity contribution in [1.29, 1.82) is 0 Å². The van der Waals surface area contributed by atoms with E-state index in [0.29, 0.717) is 6.04 Å². The highest BCUT2D eigenvalue weighted by molar-refractivity contribution is 7.17. The number of amides is 1. The molecule has 4 rings (SSSR count). The molecule has 0 spiro atoms. The van der Waals surface area contributed by atoms with E-state index in [1.165, 1.54) is 6.42 Å². The lowest BCUT2D eigenvalue weighted by Crippen LogP contribution is -2.46. The average molecular weight is 316 g/mol. The summed E-state index contributed by atoms with van der Waals surface area (Å²) in [6, 6.07) is 2.47. The summed E-state index contributed by atoms with van der Waals surface area (Å²) in [5, 5.41) is 5.24. The van der Waals surface area contributed by atoms with Crippen molar-refractivity contribution in [2.75, 3.05) is 18.0 Å². The summed E-state index contributed by atoms with van der Waals surface area (Å²) in [5.41, 5.74) is 1.01. The molecule has 22 heavy (non-hydrogen) atoms. The van der Waals surface area contributed by atoms with E-state index in [1.807, 2.05) is 6.07 Å². The maximum Gasteiger partial charge on any atom is 0.223 e. The first-order chi connectivity index (χ1) is 10.8. The molecule has 1 aliphatic carbocycles. The molecule has 1 aliphatic heterocycles. The molecule has 0 atom stereocenters. The maximum atomic E-state index is 12.3. The van der Waals surface area contributed by atoms with E-state index in [9.17, 15) is 4.79 Å². The number of nitrogens with zero attached hydrogens (tertiary/aromatic N) is 3. The zero-order valence-corrected chi connectivity index (χ0v) is 13.3. The molecule has 1 saturated heterocycles. The Bertz CT molecular complexity index is 674. The van der Waals surface area contributed by atoms with Gasteiger partial charge in [0.15, 0.2) is 0 Å². The van der Waals surface area contributed by atoms with Gasteiger partial charge in [-0.2, -0.15) is 0 Å². The van der Waals surface area contributed by atoms with E-state index < -0.39 is 0 Å². The van der Waals surface area contributed by atoms with E-state index in [1.54, 1.807) is 17.7 Å². The average Bonchev–Trinajstić information content (AvgIpc) is 2.99. The molecule has 6 heteroatoms. The van der Waals surface area contributed by atoms with Crippen molar-refractivity contribution >= 4 is 33.3 Å². The Kier molecular flexibility index (Phi) is 3.70. The molecule has 116 valence electrons. The fourth-order valence-corrected chi connectivity index (χ4v) is 4.09. The van der Waals surface area contributed by atoms with Gasteiger partial charge in [0, 0.05) is 25.0 Å². The van der Waals surface area contributed by atoms with Crippen LogP contribution in [0.5, 0.6) is 0 Å². The second-order valence-corrected chi connectivity index (χ2v) is 7.15. The smallest absolute Gasteiger partial charge is 0.223 e. The quantitative estimate of drug-likeness (QED) is 0.945. The van der Waals surface area contributed by atoms with Crippen molar-refractivity contribution in [3.8, 4) is 0 Å². The molecule has 0 aromatic carbocycles. The van der Waals surface area contributed by atoms with Gasteiger partial charge >= 0.3 is 0 Å². The summed E-state index contributed by atoms with van der Waals surface area (Å²) in [7, 11) is 0. The maximum absolute atomic E-state index is 12.3. The Morgan fingerprint density at radius 1 is 1.23 bits per heavy atom. The molecular formula is C16H20N4OS. The number of carbonyl (C=O) groups excluding carboxylic acids is 1. The number of hydrogen-bond acceptors (Lipinski definition) is 5. The minimum Gasteiger partial charge on any atom is -0.355 e. The highest BCUT2D eigenvalue weighted by Crippen LogP contribution is 2.31. The molecule has 3 heterocycles. The highest BCUT2D eigenvalue weighted by Gasteiger charge is 2.29. The van der Waals surface area contributed by atoms with Gasteiger partial charge in [0.1, 0.15) is 12.1 Å². The van der Waals surface area contributed by atoms with E-state index in [2.05, 4.69) is 25.6 Å². The third kappa shape index (κ3) is 2.56. The molecule has 0 bridgehead atoms. The van der Waals surface area contributed by atoms with Crippen LogP contribution >= 0.6 is 11.3 Å². The van der Waals surface area contributed by atoms with Gasteiger partial charge in [0.25, 0.3) is 0 Å². The molecule has 2 aromatic heterocycles. The van der Waals surface area contributed by atoms with Crippen LogP contribution in [0.25, 0.3) is 10.2 Å². The Morgan fingerprint density at radius 3 is 2.77 bits per heavy atom. The summed E-state index contributed by atoms with van der Waals surface area (Å²) in [6.45, 7) is 1.79. The van der Waals surface area contributed by atoms with Gasteiger partial charge in [0.2, 0.25) is 5.91 Å². The number of piperidine rings is 1. The summed E-state index contributed by atoms with van der Waals surface area (Å²) < 4.78 is 1.15. The van der Waals surface area contributed by atoms with E-state index in [4.69, 9.17) is 0 Å². The molecule has 1 saturated carbocycles. The molecule has 1 amide bonds. The Balaban J connectivity index is 1.41. The van der Waals surface area contributed by atoms with Crippen molar-refractivity contribution < 1.29 is 4.79 Å². The van der Waals surface area contributed by atoms with Crippen LogP contribution in [0.15, 0.2) is 17.8 Å². The Labute approximate surface area is 133 Å². The van der Waals surface area contributed by atoms with E-state index >= 15 is 0 Å².